The number of aromatic nitrogens is 1. The molecule has 1 aromatic heterocycles. The summed E-state index contributed by atoms with van der Waals surface area (Å²) in [6.07, 6.45) is 3.26. The summed E-state index contributed by atoms with van der Waals surface area (Å²) < 4.78 is 27.2. The molecule has 0 spiro atoms. The summed E-state index contributed by atoms with van der Waals surface area (Å²) in [5, 5.41) is 0. The Morgan fingerprint density at radius 3 is 2.38 bits per heavy atom. The third-order valence-electron chi connectivity index (χ3n) is 3.55. The fourth-order valence-corrected chi connectivity index (χ4v) is 2.36. The van der Waals surface area contributed by atoms with E-state index in [0.717, 1.165) is 5.56 Å². The lowest BCUT2D eigenvalue weighted by Gasteiger charge is -2.23. The highest BCUT2D eigenvalue weighted by Crippen LogP contribution is 2.21. The van der Waals surface area contributed by atoms with Crippen molar-refractivity contribution in [2.75, 3.05) is 4.90 Å². The Hall–Kier alpha value is -3.08. The summed E-state index contributed by atoms with van der Waals surface area (Å²) in [6.45, 7) is 0.201. The number of benzene rings is 2. The van der Waals surface area contributed by atoms with Crippen LogP contribution in [0.25, 0.3) is 0 Å². The van der Waals surface area contributed by atoms with E-state index in [9.17, 15) is 13.6 Å². The number of nitrogens with zero attached hydrogens (tertiary/aromatic N) is 2. The standard InChI is InChI=1S/C19H14F2N2O/c20-15-7-9-16(10-8-15)23(13-14-4-3-11-22-12-14)19(24)17-5-1-2-6-18(17)21/h1-12H,13H2. The Kier molecular flexibility index (Phi) is 4.61. The van der Waals surface area contributed by atoms with Gasteiger partial charge in [-0.05, 0) is 48.0 Å². The van der Waals surface area contributed by atoms with Gasteiger partial charge < -0.3 is 4.90 Å². The van der Waals surface area contributed by atoms with Crippen molar-refractivity contribution in [3.8, 4) is 0 Å². The summed E-state index contributed by atoms with van der Waals surface area (Å²) in [5.74, 6) is -1.50. The predicted octanol–water partition coefficient (Wildman–Crippen LogP) is 4.21. The van der Waals surface area contributed by atoms with Crippen molar-refractivity contribution in [3.05, 3.63) is 95.8 Å². The zero-order valence-corrected chi connectivity index (χ0v) is 12.7. The minimum atomic E-state index is -0.596. The zero-order chi connectivity index (χ0) is 16.9. The smallest absolute Gasteiger partial charge is 0.261 e. The molecule has 0 saturated heterocycles. The lowest BCUT2D eigenvalue weighted by Crippen LogP contribution is -2.31. The molecule has 2 aromatic carbocycles. The van der Waals surface area contributed by atoms with E-state index >= 15 is 0 Å². The number of hydrogen-bond acceptors (Lipinski definition) is 2. The van der Waals surface area contributed by atoms with E-state index < -0.39 is 17.5 Å². The summed E-state index contributed by atoms with van der Waals surface area (Å²) in [4.78, 5) is 18.2. The first-order chi connectivity index (χ1) is 11.6. The molecule has 0 aliphatic rings. The van der Waals surface area contributed by atoms with Crippen LogP contribution in [0.4, 0.5) is 14.5 Å². The van der Waals surface area contributed by atoms with Crippen LogP contribution < -0.4 is 4.90 Å². The molecule has 24 heavy (non-hydrogen) atoms. The molecular formula is C19H14F2N2O. The van der Waals surface area contributed by atoms with Gasteiger partial charge in [0.05, 0.1) is 12.1 Å². The molecule has 0 radical (unpaired) electrons. The fourth-order valence-electron chi connectivity index (χ4n) is 2.36. The van der Waals surface area contributed by atoms with E-state index in [0.29, 0.717) is 5.69 Å². The molecule has 0 N–H and O–H groups in total. The predicted molar refractivity (Wildman–Crippen MR) is 87.6 cm³/mol. The lowest BCUT2D eigenvalue weighted by molar-refractivity contribution is 0.0981. The van der Waals surface area contributed by atoms with Gasteiger partial charge in [0.1, 0.15) is 11.6 Å². The molecule has 3 nitrogen and oxygen atoms in total. The van der Waals surface area contributed by atoms with Gasteiger partial charge in [-0.2, -0.15) is 0 Å². The van der Waals surface area contributed by atoms with E-state index in [-0.39, 0.29) is 12.1 Å². The monoisotopic (exact) mass is 324 g/mol. The molecule has 1 amide bonds. The average molecular weight is 324 g/mol. The first-order valence-electron chi connectivity index (χ1n) is 7.36. The first-order valence-corrected chi connectivity index (χ1v) is 7.36. The van der Waals surface area contributed by atoms with Gasteiger partial charge in [-0.15, -0.1) is 0 Å². The molecule has 120 valence electrons. The largest absolute Gasteiger partial charge is 0.304 e. The summed E-state index contributed by atoms with van der Waals surface area (Å²) in [6, 6.07) is 14.9. The highest BCUT2D eigenvalue weighted by Gasteiger charge is 2.21. The van der Waals surface area contributed by atoms with Crippen LogP contribution >= 0.6 is 0 Å². The highest BCUT2D eigenvalue weighted by atomic mass is 19.1. The topological polar surface area (TPSA) is 33.2 Å². The van der Waals surface area contributed by atoms with Crippen LogP contribution in [0.5, 0.6) is 0 Å². The lowest BCUT2D eigenvalue weighted by atomic mass is 10.1. The van der Waals surface area contributed by atoms with Crippen LogP contribution in [0.15, 0.2) is 73.1 Å². The summed E-state index contributed by atoms with van der Waals surface area (Å²) in [7, 11) is 0. The second kappa shape index (κ2) is 7.00. The number of rotatable bonds is 4. The quantitative estimate of drug-likeness (QED) is 0.720. The number of hydrogen-bond donors (Lipinski definition) is 0. The van der Waals surface area contributed by atoms with Crippen molar-refractivity contribution < 1.29 is 13.6 Å². The molecule has 5 heteroatoms. The fraction of sp³-hybridized carbons (Fsp3) is 0.0526. The Morgan fingerprint density at radius 1 is 0.958 bits per heavy atom. The molecule has 1 heterocycles. The Balaban J connectivity index is 1.99. The summed E-state index contributed by atoms with van der Waals surface area (Å²) >= 11 is 0. The van der Waals surface area contributed by atoms with Crippen LogP contribution in [0.2, 0.25) is 0 Å². The molecule has 0 saturated carbocycles. The van der Waals surface area contributed by atoms with Gasteiger partial charge in [0.25, 0.3) is 5.91 Å². The molecule has 0 aliphatic heterocycles. The van der Waals surface area contributed by atoms with E-state index in [1.807, 2.05) is 6.07 Å². The molecule has 0 bridgehead atoms. The Morgan fingerprint density at radius 2 is 1.71 bits per heavy atom. The highest BCUT2D eigenvalue weighted by molar-refractivity contribution is 6.06. The normalized spacial score (nSPS) is 10.4. The maximum atomic E-state index is 14.0. The van der Waals surface area contributed by atoms with Crippen LogP contribution in [0, 0.1) is 11.6 Å². The van der Waals surface area contributed by atoms with E-state index in [4.69, 9.17) is 0 Å². The average Bonchev–Trinajstić information content (AvgIpc) is 2.61. The van der Waals surface area contributed by atoms with Gasteiger partial charge >= 0.3 is 0 Å². The molecule has 0 unspecified atom stereocenters. The minimum absolute atomic E-state index is 0.0364. The molecule has 3 aromatic rings. The van der Waals surface area contributed by atoms with Crippen molar-refractivity contribution in [1.29, 1.82) is 0 Å². The molecular weight excluding hydrogens is 310 g/mol. The maximum absolute atomic E-state index is 14.0. The van der Waals surface area contributed by atoms with Crippen LogP contribution in [0.1, 0.15) is 15.9 Å². The third kappa shape index (κ3) is 3.46. The molecule has 0 atom stereocenters. The Bertz CT molecular complexity index is 836. The second-order valence-electron chi connectivity index (χ2n) is 5.21. The van der Waals surface area contributed by atoms with Crippen LogP contribution in [0.3, 0.4) is 0 Å². The number of carbonyl (C=O) groups excluding carboxylic acids is 1. The van der Waals surface area contributed by atoms with Gasteiger partial charge in [0, 0.05) is 18.1 Å². The number of anilines is 1. The number of pyridine rings is 1. The SMILES string of the molecule is O=C(c1ccccc1F)N(Cc1cccnc1)c1ccc(F)cc1. The number of halogens is 2. The Labute approximate surface area is 138 Å². The van der Waals surface area contributed by atoms with Crippen molar-refractivity contribution >= 4 is 11.6 Å². The van der Waals surface area contributed by atoms with Crippen molar-refractivity contribution in [3.63, 3.8) is 0 Å². The van der Waals surface area contributed by atoms with Gasteiger partial charge in [-0.1, -0.05) is 18.2 Å². The van der Waals surface area contributed by atoms with Crippen molar-refractivity contribution in [2.24, 2.45) is 0 Å². The van der Waals surface area contributed by atoms with Gasteiger partial charge in [0.2, 0.25) is 0 Å². The van der Waals surface area contributed by atoms with E-state index in [1.165, 1.54) is 47.4 Å². The second-order valence-corrected chi connectivity index (χ2v) is 5.21. The summed E-state index contributed by atoms with van der Waals surface area (Å²) in [5.41, 5.74) is 1.23. The van der Waals surface area contributed by atoms with Crippen LogP contribution in [-0.4, -0.2) is 10.9 Å². The van der Waals surface area contributed by atoms with E-state index in [2.05, 4.69) is 4.98 Å². The molecule has 0 fully saturated rings. The molecule has 0 aliphatic carbocycles. The van der Waals surface area contributed by atoms with Crippen LogP contribution in [-0.2, 0) is 6.54 Å². The van der Waals surface area contributed by atoms with Gasteiger partial charge in [0.15, 0.2) is 0 Å². The zero-order valence-electron chi connectivity index (χ0n) is 12.7. The van der Waals surface area contributed by atoms with Gasteiger partial charge in [-0.3, -0.25) is 9.78 Å². The van der Waals surface area contributed by atoms with E-state index in [1.54, 1.807) is 24.5 Å². The first kappa shape index (κ1) is 15.8. The van der Waals surface area contributed by atoms with Crippen molar-refractivity contribution in [1.82, 2.24) is 4.98 Å². The molecule has 3 rings (SSSR count). The number of amides is 1. The van der Waals surface area contributed by atoms with Crippen molar-refractivity contribution in [2.45, 2.75) is 6.54 Å². The van der Waals surface area contributed by atoms with Gasteiger partial charge in [-0.25, -0.2) is 8.78 Å². The maximum Gasteiger partial charge on any atom is 0.261 e. The minimum Gasteiger partial charge on any atom is -0.304 e. The third-order valence-corrected chi connectivity index (χ3v) is 3.55. The number of carbonyl (C=O) groups is 1.